The number of phenolic OH excluding ortho intramolecular Hbond substituents is 1. The first-order valence-electron chi connectivity index (χ1n) is 6.22. The van der Waals surface area contributed by atoms with Gasteiger partial charge in [0.05, 0.1) is 6.10 Å². The zero-order valence-corrected chi connectivity index (χ0v) is 9.91. The van der Waals surface area contributed by atoms with Crippen molar-refractivity contribution >= 4 is 0 Å². The van der Waals surface area contributed by atoms with E-state index in [0.29, 0.717) is 11.9 Å². The molecule has 0 amide bonds. The molecule has 0 unspecified atom stereocenters. The smallest absolute Gasteiger partial charge is 0.126 e. The van der Waals surface area contributed by atoms with Crippen molar-refractivity contribution in [3.8, 4) is 11.5 Å². The summed E-state index contributed by atoms with van der Waals surface area (Å²) in [6, 6.07) is 5.49. The van der Waals surface area contributed by atoms with E-state index in [0.717, 1.165) is 24.2 Å². The van der Waals surface area contributed by atoms with Crippen molar-refractivity contribution in [2.24, 2.45) is 0 Å². The van der Waals surface area contributed by atoms with E-state index in [-0.39, 0.29) is 0 Å². The molecule has 0 radical (unpaired) electrons. The summed E-state index contributed by atoms with van der Waals surface area (Å²) in [5.74, 6) is 1.16. The predicted molar refractivity (Wildman–Crippen MR) is 65.0 cm³/mol. The van der Waals surface area contributed by atoms with E-state index in [1.54, 1.807) is 6.07 Å². The summed E-state index contributed by atoms with van der Waals surface area (Å²) in [6.45, 7) is 1.90. The minimum absolute atomic E-state index is 0.325. The molecule has 0 spiro atoms. The highest BCUT2D eigenvalue weighted by atomic mass is 16.5. The topological polar surface area (TPSA) is 29.5 Å². The predicted octanol–water partition coefficient (Wildman–Crippen LogP) is 3.80. The van der Waals surface area contributed by atoms with E-state index in [1.165, 1.54) is 25.7 Å². The molecule has 1 N–H and O–H groups in total. The minimum Gasteiger partial charge on any atom is -0.508 e. The third-order valence-corrected chi connectivity index (χ3v) is 3.35. The number of phenols is 1. The summed E-state index contributed by atoms with van der Waals surface area (Å²) in [4.78, 5) is 0. The van der Waals surface area contributed by atoms with Crippen LogP contribution in [0.25, 0.3) is 0 Å². The lowest BCUT2D eigenvalue weighted by Crippen LogP contribution is -2.15. The largest absolute Gasteiger partial charge is 0.508 e. The second kappa shape index (κ2) is 5.24. The molecule has 2 nitrogen and oxygen atoms in total. The van der Waals surface area contributed by atoms with Gasteiger partial charge in [-0.15, -0.1) is 0 Å². The Morgan fingerprint density at radius 2 is 1.81 bits per heavy atom. The molecule has 2 rings (SSSR count). The van der Waals surface area contributed by atoms with Crippen LogP contribution in [0.4, 0.5) is 0 Å². The molecule has 2 heteroatoms. The molecule has 1 fully saturated rings. The molecule has 1 aliphatic rings. The van der Waals surface area contributed by atoms with Crippen molar-refractivity contribution < 1.29 is 9.84 Å². The summed E-state index contributed by atoms with van der Waals surface area (Å²) in [5, 5.41) is 9.61. The zero-order valence-electron chi connectivity index (χ0n) is 9.91. The molecule has 16 heavy (non-hydrogen) atoms. The highest BCUT2D eigenvalue weighted by Crippen LogP contribution is 2.29. The Balaban J connectivity index is 2.04. The standard InChI is InChI=1S/C14H20O2/c1-11-13(15)9-6-10-14(11)16-12-7-4-2-3-5-8-12/h6,9-10,12,15H,2-5,7-8H2,1H3. The van der Waals surface area contributed by atoms with Gasteiger partial charge in [-0.2, -0.15) is 0 Å². The van der Waals surface area contributed by atoms with Crippen LogP contribution >= 0.6 is 0 Å². The molecular formula is C14H20O2. The lowest BCUT2D eigenvalue weighted by atomic mass is 10.1. The van der Waals surface area contributed by atoms with Crippen LogP contribution in [0.2, 0.25) is 0 Å². The zero-order chi connectivity index (χ0) is 11.4. The van der Waals surface area contributed by atoms with E-state index >= 15 is 0 Å². The van der Waals surface area contributed by atoms with Gasteiger partial charge in [-0.1, -0.05) is 18.9 Å². The Hall–Kier alpha value is -1.18. The van der Waals surface area contributed by atoms with Gasteiger partial charge in [0, 0.05) is 5.56 Å². The number of hydrogen-bond donors (Lipinski definition) is 1. The van der Waals surface area contributed by atoms with Crippen LogP contribution in [0.5, 0.6) is 11.5 Å². The maximum atomic E-state index is 9.61. The summed E-state index contributed by atoms with van der Waals surface area (Å²) in [7, 11) is 0. The second-order valence-electron chi connectivity index (χ2n) is 4.63. The normalized spacial score (nSPS) is 18.1. The molecule has 88 valence electrons. The van der Waals surface area contributed by atoms with Gasteiger partial charge in [0.25, 0.3) is 0 Å². The number of aromatic hydroxyl groups is 1. The van der Waals surface area contributed by atoms with E-state index in [4.69, 9.17) is 4.74 Å². The third-order valence-electron chi connectivity index (χ3n) is 3.35. The highest BCUT2D eigenvalue weighted by Gasteiger charge is 2.15. The van der Waals surface area contributed by atoms with E-state index in [2.05, 4.69) is 0 Å². The average molecular weight is 220 g/mol. The van der Waals surface area contributed by atoms with Crippen LogP contribution < -0.4 is 4.74 Å². The van der Waals surface area contributed by atoms with Crippen molar-refractivity contribution in [3.63, 3.8) is 0 Å². The Morgan fingerprint density at radius 1 is 1.12 bits per heavy atom. The molecule has 1 aliphatic carbocycles. The van der Waals surface area contributed by atoms with E-state index in [9.17, 15) is 5.11 Å². The van der Waals surface area contributed by atoms with Crippen molar-refractivity contribution in [2.75, 3.05) is 0 Å². The van der Waals surface area contributed by atoms with Gasteiger partial charge >= 0.3 is 0 Å². The number of hydrogen-bond acceptors (Lipinski definition) is 2. The first-order valence-corrected chi connectivity index (χ1v) is 6.22. The molecule has 1 saturated carbocycles. The van der Waals surface area contributed by atoms with Gasteiger partial charge in [-0.3, -0.25) is 0 Å². The Kier molecular flexibility index (Phi) is 3.70. The quantitative estimate of drug-likeness (QED) is 0.768. The van der Waals surface area contributed by atoms with Crippen LogP contribution in [0.3, 0.4) is 0 Å². The van der Waals surface area contributed by atoms with E-state index in [1.807, 2.05) is 19.1 Å². The summed E-state index contributed by atoms with van der Waals surface area (Å²) in [6.07, 6.45) is 7.83. The molecule has 0 atom stereocenters. The monoisotopic (exact) mass is 220 g/mol. The van der Waals surface area contributed by atoms with Gasteiger partial charge in [0.1, 0.15) is 11.5 Å². The maximum absolute atomic E-state index is 9.61. The van der Waals surface area contributed by atoms with Crippen molar-refractivity contribution in [1.29, 1.82) is 0 Å². The lowest BCUT2D eigenvalue weighted by Gasteiger charge is -2.18. The molecule has 0 aromatic heterocycles. The van der Waals surface area contributed by atoms with Crippen LogP contribution in [0, 0.1) is 6.92 Å². The number of ether oxygens (including phenoxy) is 1. The lowest BCUT2D eigenvalue weighted by molar-refractivity contribution is 0.182. The fraction of sp³-hybridized carbons (Fsp3) is 0.571. The first kappa shape index (κ1) is 11.3. The number of rotatable bonds is 2. The van der Waals surface area contributed by atoms with Crippen LogP contribution in [0.15, 0.2) is 18.2 Å². The van der Waals surface area contributed by atoms with Gasteiger partial charge < -0.3 is 9.84 Å². The van der Waals surface area contributed by atoms with Gasteiger partial charge in [0.15, 0.2) is 0 Å². The van der Waals surface area contributed by atoms with Crippen LogP contribution in [-0.2, 0) is 0 Å². The van der Waals surface area contributed by atoms with Gasteiger partial charge in [0.2, 0.25) is 0 Å². The Bertz CT molecular complexity index is 339. The van der Waals surface area contributed by atoms with E-state index < -0.39 is 0 Å². The Labute approximate surface area is 97.3 Å². The van der Waals surface area contributed by atoms with Crippen LogP contribution in [0.1, 0.15) is 44.1 Å². The van der Waals surface area contributed by atoms with Crippen molar-refractivity contribution in [3.05, 3.63) is 23.8 Å². The minimum atomic E-state index is 0.325. The van der Waals surface area contributed by atoms with Crippen molar-refractivity contribution in [1.82, 2.24) is 0 Å². The van der Waals surface area contributed by atoms with Crippen LogP contribution in [-0.4, -0.2) is 11.2 Å². The fourth-order valence-corrected chi connectivity index (χ4v) is 2.27. The summed E-state index contributed by atoms with van der Waals surface area (Å²) >= 11 is 0. The Morgan fingerprint density at radius 3 is 2.50 bits per heavy atom. The molecule has 0 bridgehead atoms. The number of benzene rings is 1. The summed E-state index contributed by atoms with van der Waals surface area (Å²) < 4.78 is 5.99. The first-order chi connectivity index (χ1) is 7.77. The molecule has 1 aromatic rings. The fourth-order valence-electron chi connectivity index (χ4n) is 2.27. The molecule has 0 heterocycles. The van der Waals surface area contributed by atoms with Gasteiger partial charge in [-0.25, -0.2) is 0 Å². The molecule has 1 aromatic carbocycles. The second-order valence-corrected chi connectivity index (χ2v) is 4.63. The summed E-state index contributed by atoms with van der Waals surface area (Å²) in [5.41, 5.74) is 0.853. The molecule has 0 saturated heterocycles. The molecule has 0 aliphatic heterocycles. The van der Waals surface area contributed by atoms with Crippen molar-refractivity contribution in [2.45, 2.75) is 51.6 Å². The van der Waals surface area contributed by atoms with Gasteiger partial charge in [-0.05, 0) is 44.7 Å². The molecular weight excluding hydrogens is 200 g/mol. The maximum Gasteiger partial charge on any atom is 0.126 e. The SMILES string of the molecule is Cc1c(O)cccc1OC1CCCCCC1. The highest BCUT2D eigenvalue weighted by molar-refractivity contribution is 5.42. The third kappa shape index (κ3) is 2.69. The average Bonchev–Trinajstić information content (AvgIpc) is 2.53.